The Labute approximate surface area is 109 Å². The van der Waals surface area contributed by atoms with Crippen molar-refractivity contribution >= 4 is 11.9 Å². The van der Waals surface area contributed by atoms with Gasteiger partial charge in [-0.1, -0.05) is 0 Å². The van der Waals surface area contributed by atoms with Gasteiger partial charge in [0.1, 0.15) is 0 Å². The number of urea groups is 1. The molecular formula is C12H24N4O2. The van der Waals surface area contributed by atoms with E-state index in [1.54, 1.807) is 23.9 Å². The maximum absolute atomic E-state index is 11.9. The van der Waals surface area contributed by atoms with Gasteiger partial charge >= 0.3 is 6.03 Å². The fourth-order valence-corrected chi connectivity index (χ4v) is 1.94. The van der Waals surface area contributed by atoms with Gasteiger partial charge in [0.2, 0.25) is 5.91 Å². The molecule has 18 heavy (non-hydrogen) atoms. The number of rotatable bonds is 3. The van der Waals surface area contributed by atoms with Crippen LogP contribution in [0, 0.1) is 0 Å². The minimum absolute atomic E-state index is 0.0117. The molecule has 1 atom stereocenters. The lowest BCUT2D eigenvalue weighted by atomic mass is 10.1. The van der Waals surface area contributed by atoms with Crippen LogP contribution in [0.3, 0.4) is 0 Å². The van der Waals surface area contributed by atoms with E-state index < -0.39 is 0 Å². The van der Waals surface area contributed by atoms with Gasteiger partial charge in [0, 0.05) is 52.7 Å². The summed E-state index contributed by atoms with van der Waals surface area (Å²) in [5.74, 6) is 0.143. The average Bonchev–Trinajstić information content (AvgIpc) is 2.35. The van der Waals surface area contributed by atoms with Crippen LogP contribution < -0.4 is 5.73 Å². The van der Waals surface area contributed by atoms with Crippen molar-refractivity contribution in [3.63, 3.8) is 0 Å². The minimum atomic E-state index is 0.0117. The van der Waals surface area contributed by atoms with Gasteiger partial charge in [-0.25, -0.2) is 4.79 Å². The summed E-state index contributed by atoms with van der Waals surface area (Å²) < 4.78 is 0. The third-order valence-electron chi connectivity index (χ3n) is 3.10. The number of hydrogen-bond donors (Lipinski definition) is 1. The van der Waals surface area contributed by atoms with Crippen molar-refractivity contribution in [3.8, 4) is 0 Å². The van der Waals surface area contributed by atoms with E-state index in [2.05, 4.69) is 0 Å². The van der Waals surface area contributed by atoms with Gasteiger partial charge in [-0.05, 0) is 13.3 Å². The van der Waals surface area contributed by atoms with Gasteiger partial charge in [0.05, 0.1) is 0 Å². The van der Waals surface area contributed by atoms with Crippen molar-refractivity contribution in [2.45, 2.75) is 25.8 Å². The first-order chi connectivity index (χ1) is 8.41. The smallest absolute Gasteiger partial charge is 0.319 e. The van der Waals surface area contributed by atoms with Crippen LogP contribution >= 0.6 is 0 Å². The number of amides is 3. The zero-order valence-corrected chi connectivity index (χ0v) is 11.6. The van der Waals surface area contributed by atoms with Crippen molar-refractivity contribution in [3.05, 3.63) is 0 Å². The third-order valence-corrected chi connectivity index (χ3v) is 3.10. The number of piperazine rings is 1. The molecule has 0 radical (unpaired) electrons. The summed E-state index contributed by atoms with van der Waals surface area (Å²) in [6.07, 6.45) is 1.22. The minimum Gasteiger partial charge on any atom is -0.339 e. The maximum atomic E-state index is 11.9. The van der Waals surface area contributed by atoms with E-state index in [1.807, 2.05) is 11.8 Å². The monoisotopic (exact) mass is 256 g/mol. The molecule has 1 rings (SSSR count). The summed E-state index contributed by atoms with van der Waals surface area (Å²) in [7, 11) is 3.48. The number of nitrogens with zero attached hydrogens (tertiary/aromatic N) is 3. The third kappa shape index (κ3) is 4.18. The highest BCUT2D eigenvalue weighted by Gasteiger charge is 2.24. The number of hydrogen-bond acceptors (Lipinski definition) is 3. The highest BCUT2D eigenvalue weighted by Crippen LogP contribution is 2.07. The molecule has 0 aromatic carbocycles. The second-order valence-electron chi connectivity index (χ2n) is 5.06. The van der Waals surface area contributed by atoms with Crippen LogP contribution in [0.25, 0.3) is 0 Å². The summed E-state index contributed by atoms with van der Waals surface area (Å²) in [5.41, 5.74) is 5.64. The second kappa shape index (κ2) is 6.58. The van der Waals surface area contributed by atoms with E-state index in [9.17, 15) is 9.59 Å². The molecule has 1 unspecified atom stereocenters. The first kappa shape index (κ1) is 14.8. The van der Waals surface area contributed by atoms with E-state index >= 15 is 0 Å². The van der Waals surface area contributed by atoms with Crippen LogP contribution in [-0.4, -0.2) is 73.0 Å². The molecule has 0 spiro atoms. The van der Waals surface area contributed by atoms with Crippen molar-refractivity contribution in [2.24, 2.45) is 5.73 Å². The number of nitrogens with two attached hydrogens (primary N) is 1. The summed E-state index contributed by atoms with van der Waals surface area (Å²) in [5, 5.41) is 0. The Morgan fingerprint density at radius 1 is 1.17 bits per heavy atom. The Kier molecular flexibility index (Phi) is 5.40. The lowest BCUT2D eigenvalue weighted by Crippen LogP contribution is -2.52. The topological polar surface area (TPSA) is 69.9 Å². The lowest BCUT2D eigenvalue weighted by molar-refractivity contribution is -0.132. The molecule has 1 saturated heterocycles. The van der Waals surface area contributed by atoms with E-state index in [1.165, 1.54) is 0 Å². The molecule has 2 N–H and O–H groups in total. The van der Waals surface area contributed by atoms with Gasteiger partial charge in [-0.15, -0.1) is 0 Å². The first-order valence-corrected chi connectivity index (χ1v) is 6.41. The van der Waals surface area contributed by atoms with Crippen LogP contribution in [0.1, 0.15) is 19.8 Å². The Hall–Kier alpha value is -1.30. The molecule has 1 aliphatic heterocycles. The van der Waals surface area contributed by atoms with Gasteiger partial charge in [0.25, 0.3) is 0 Å². The fraction of sp³-hybridized carbons (Fsp3) is 0.833. The zero-order chi connectivity index (χ0) is 13.7. The zero-order valence-electron chi connectivity index (χ0n) is 11.6. The van der Waals surface area contributed by atoms with Crippen LogP contribution in [0.15, 0.2) is 0 Å². The molecule has 1 heterocycles. The highest BCUT2D eigenvalue weighted by atomic mass is 16.2. The van der Waals surface area contributed by atoms with Crippen molar-refractivity contribution in [1.82, 2.24) is 14.7 Å². The normalized spacial score (nSPS) is 17.6. The SMILES string of the molecule is CC(N)CCC(=O)N1CCN(C(=O)N(C)C)CC1. The maximum Gasteiger partial charge on any atom is 0.319 e. The lowest BCUT2D eigenvalue weighted by Gasteiger charge is -2.36. The Morgan fingerprint density at radius 3 is 2.11 bits per heavy atom. The molecule has 6 nitrogen and oxygen atoms in total. The standard InChI is InChI=1S/C12H24N4O2/c1-10(13)4-5-11(17)15-6-8-16(9-7-15)12(18)14(2)3/h10H,4-9,13H2,1-3H3. The van der Waals surface area contributed by atoms with E-state index in [-0.39, 0.29) is 18.0 Å². The van der Waals surface area contributed by atoms with Crippen LogP contribution in [0.4, 0.5) is 4.79 Å². The Morgan fingerprint density at radius 2 is 1.67 bits per heavy atom. The summed E-state index contributed by atoms with van der Waals surface area (Å²) in [6.45, 7) is 4.37. The predicted molar refractivity (Wildman–Crippen MR) is 70.1 cm³/mol. The van der Waals surface area contributed by atoms with Crippen molar-refractivity contribution in [2.75, 3.05) is 40.3 Å². The molecule has 3 amide bonds. The predicted octanol–water partition coefficient (Wildman–Crippen LogP) is -0.0604. The molecule has 104 valence electrons. The molecule has 0 bridgehead atoms. The summed E-state index contributed by atoms with van der Waals surface area (Å²) in [6, 6.07) is 0.0724. The number of carbonyl (C=O) groups is 2. The quantitative estimate of drug-likeness (QED) is 0.769. The largest absolute Gasteiger partial charge is 0.339 e. The summed E-state index contributed by atoms with van der Waals surface area (Å²) >= 11 is 0. The van der Waals surface area contributed by atoms with E-state index in [4.69, 9.17) is 5.73 Å². The van der Waals surface area contributed by atoms with Crippen molar-refractivity contribution < 1.29 is 9.59 Å². The Bertz CT molecular complexity index is 296. The second-order valence-corrected chi connectivity index (χ2v) is 5.06. The van der Waals surface area contributed by atoms with E-state index in [0.29, 0.717) is 32.6 Å². The van der Waals surface area contributed by atoms with Gasteiger partial charge in [0.15, 0.2) is 0 Å². The number of carbonyl (C=O) groups excluding carboxylic acids is 2. The average molecular weight is 256 g/mol. The molecule has 0 aromatic rings. The first-order valence-electron chi connectivity index (χ1n) is 6.41. The van der Waals surface area contributed by atoms with Crippen LogP contribution in [0.5, 0.6) is 0 Å². The highest BCUT2D eigenvalue weighted by molar-refractivity contribution is 5.77. The van der Waals surface area contributed by atoms with Gasteiger partial charge in [-0.2, -0.15) is 0 Å². The molecule has 0 saturated carbocycles. The molecular weight excluding hydrogens is 232 g/mol. The van der Waals surface area contributed by atoms with Gasteiger partial charge < -0.3 is 20.4 Å². The summed E-state index contributed by atoms with van der Waals surface area (Å²) in [4.78, 5) is 28.7. The van der Waals surface area contributed by atoms with Crippen LogP contribution in [-0.2, 0) is 4.79 Å². The molecule has 0 aromatic heterocycles. The molecule has 0 aliphatic carbocycles. The molecule has 6 heteroatoms. The molecule has 1 fully saturated rings. The van der Waals surface area contributed by atoms with E-state index in [0.717, 1.165) is 6.42 Å². The molecule has 1 aliphatic rings. The fourth-order valence-electron chi connectivity index (χ4n) is 1.94. The van der Waals surface area contributed by atoms with Crippen molar-refractivity contribution in [1.29, 1.82) is 0 Å². The van der Waals surface area contributed by atoms with Crippen LogP contribution in [0.2, 0.25) is 0 Å². The Balaban J connectivity index is 2.35. The van der Waals surface area contributed by atoms with Gasteiger partial charge in [-0.3, -0.25) is 4.79 Å².